The first-order chi connectivity index (χ1) is 5.55. The van der Waals surface area contributed by atoms with Crippen molar-refractivity contribution in [1.29, 1.82) is 0 Å². The van der Waals surface area contributed by atoms with Crippen molar-refractivity contribution in [1.82, 2.24) is 5.32 Å². The van der Waals surface area contributed by atoms with Crippen LogP contribution in [0.2, 0.25) is 0 Å². The van der Waals surface area contributed by atoms with Gasteiger partial charge >= 0.3 is 0 Å². The van der Waals surface area contributed by atoms with Crippen molar-refractivity contribution in [2.24, 2.45) is 11.3 Å². The molecule has 1 fully saturated rings. The van der Waals surface area contributed by atoms with Gasteiger partial charge in [-0.2, -0.15) is 0 Å². The zero-order chi connectivity index (χ0) is 9.19. The number of hydrogen-bond acceptors (Lipinski definition) is 2. The molecule has 0 aliphatic heterocycles. The van der Waals surface area contributed by atoms with E-state index in [0.29, 0.717) is 11.3 Å². The van der Waals surface area contributed by atoms with Crippen LogP contribution < -0.4 is 5.32 Å². The highest BCUT2D eigenvalue weighted by molar-refractivity contribution is 4.86. The Hall–Kier alpha value is -0.0800. The molecule has 2 heteroatoms. The lowest BCUT2D eigenvalue weighted by atomic mass is 9.89. The van der Waals surface area contributed by atoms with Crippen molar-refractivity contribution in [3.8, 4) is 0 Å². The number of aliphatic hydroxyl groups is 1. The number of likely N-dealkylation sites (N-methyl/N-ethyl adjacent to an activating group) is 1. The quantitative estimate of drug-likeness (QED) is 0.672. The van der Waals surface area contributed by atoms with Crippen LogP contribution in [-0.4, -0.2) is 24.8 Å². The molecule has 0 amide bonds. The molecule has 1 aliphatic rings. The van der Waals surface area contributed by atoms with Crippen molar-refractivity contribution >= 4 is 0 Å². The molecule has 0 radical (unpaired) electrons. The van der Waals surface area contributed by atoms with Gasteiger partial charge < -0.3 is 10.4 Å². The van der Waals surface area contributed by atoms with E-state index >= 15 is 0 Å². The van der Waals surface area contributed by atoms with Gasteiger partial charge in [0.2, 0.25) is 0 Å². The van der Waals surface area contributed by atoms with E-state index in [2.05, 4.69) is 19.2 Å². The van der Waals surface area contributed by atoms with Gasteiger partial charge in [0, 0.05) is 6.54 Å². The summed E-state index contributed by atoms with van der Waals surface area (Å²) in [5.41, 5.74) is 0.458. The lowest BCUT2D eigenvalue weighted by Gasteiger charge is -2.20. The second-order valence-corrected chi connectivity index (χ2v) is 4.79. The molecule has 0 aromatic heterocycles. The molecule has 1 aliphatic carbocycles. The van der Waals surface area contributed by atoms with Crippen LogP contribution in [0.25, 0.3) is 0 Å². The van der Waals surface area contributed by atoms with E-state index in [0.717, 1.165) is 6.54 Å². The van der Waals surface area contributed by atoms with Crippen LogP contribution in [0.1, 0.15) is 33.1 Å². The first-order valence-corrected chi connectivity index (χ1v) is 4.88. The molecule has 0 saturated heterocycles. The molecule has 2 unspecified atom stereocenters. The zero-order valence-corrected chi connectivity index (χ0v) is 8.43. The number of rotatable bonds is 3. The van der Waals surface area contributed by atoms with Crippen molar-refractivity contribution in [3.05, 3.63) is 0 Å². The molecule has 0 aromatic carbocycles. The average Bonchev–Trinajstić information content (AvgIpc) is 2.31. The fourth-order valence-electron chi connectivity index (χ4n) is 2.19. The van der Waals surface area contributed by atoms with Gasteiger partial charge in [-0.25, -0.2) is 0 Å². The molecule has 0 spiro atoms. The van der Waals surface area contributed by atoms with Crippen molar-refractivity contribution in [3.63, 3.8) is 0 Å². The molecule has 1 rings (SSSR count). The molecule has 2 N–H and O–H groups in total. The largest absolute Gasteiger partial charge is 0.392 e. The van der Waals surface area contributed by atoms with Gasteiger partial charge in [0.15, 0.2) is 0 Å². The smallest absolute Gasteiger partial charge is 0.0692 e. The maximum absolute atomic E-state index is 9.72. The Kier molecular flexibility index (Phi) is 3.13. The molecular formula is C10H21NO. The second-order valence-electron chi connectivity index (χ2n) is 4.79. The number of hydrogen-bond donors (Lipinski definition) is 2. The van der Waals surface area contributed by atoms with Gasteiger partial charge in [0.25, 0.3) is 0 Å². The summed E-state index contributed by atoms with van der Waals surface area (Å²) in [5.74, 6) is 0.521. The minimum atomic E-state index is -0.142. The maximum Gasteiger partial charge on any atom is 0.0692 e. The molecule has 72 valence electrons. The summed E-state index contributed by atoms with van der Waals surface area (Å²) in [6.45, 7) is 5.32. The standard InChI is InChI=1S/C10H21NO/c1-10(2)5-4-8(6-10)9(12)7-11-3/h8-9,11-12H,4-7H2,1-3H3. The Morgan fingerprint density at radius 3 is 2.67 bits per heavy atom. The lowest BCUT2D eigenvalue weighted by Crippen LogP contribution is -2.30. The topological polar surface area (TPSA) is 32.3 Å². The first kappa shape index (κ1) is 10.0. The minimum Gasteiger partial charge on any atom is -0.392 e. The molecule has 2 atom stereocenters. The van der Waals surface area contributed by atoms with E-state index in [1.54, 1.807) is 0 Å². The van der Waals surface area contributed by atoms with Crippen LogP contribution in [-0.2, 0) is 0 Å². The molecule has 12 heavy (non-hydrogen) atoms. The molecule has 2 nitrogen and oxygen atoms in total. The third-order valence-electron chi connectivity index (χ3n) is 2.96. The molecule has 0 bridgehead atoms. The summed E-state index contributed by atoms with van der Waals surface area (Å²) in [6.07, 6.45) is 3.49. The Bertz CT molecular complexity index is 145. The normalized spacial score (nSPS) is 30.5. The van der Waals surface area contributed by atoms with Crippen molar-refractivity contribution < 1.29 is 5.11 Å². The summed E-state index contributed by atoms with van der Waals surface area (Å²) >= 11 is 0. The summed E-state index contributed by atoms with van der Waals surface area (Å²) in [5, 5.41) is 12.7. The second kappa shape index (κ2) is 3.75. The van der Waals surface area contributed by atoms with E-state index in [4.69, 9.17) is 0 Å². The molecule has 0 heterocycles. The summed E-state index contributed by atoms with van der Waals surface area (Å²) in [7, 11) is 1.89. The van der Waals surface area contributed by atoms with Crippen LogP contribution in [0.3, 0.4) is 0 Å². The van der Waals surface area contributed by atoms with Gasteiger partial charge in [-0.1, -0.05) is 13.8 Å². The third-order valence-corrected chi connectivity index (χ3v) is 2.96. The van der Waals surface area contributed by atoms with E-state index in [1.807, 2.05) is 7.05 Å². The summed E-state index contributed by atoms with van der Waals surface area (Å²) in [4.78, 5) is 0. The summed E-state index contributed by atoms with van der Waals surface area (Å²) in [6, 6.07) is 0. The molecule has 0 aromatic rings. The van der Waals surface area contributed by atoms with Crippen LogP contribution in [0.15, 0.2) is 0 Å². The third kappa shape index (κ3) is 2.46. The average molecular weight is 171 g/mol. The molecule has 1 saturated carbocycles. The van der Waals surface area contributed by atoms with Crippen LogP contribution in [0.4, 0.5) is 0 Å². The highest BCUT2D eigenvalue weighted by Crippen LogP contribution is 2.42. The Labute approximate surface area is 75.4 Å². The van der Waals surface area contributed by atoms with E-state index in [-0.39, 0.29) is 6.10 Å². The van der Waals surface area contributed by atoms with Gasteiger partial charge in [-0.05, 0) is 37.6 Å². The Morgan fingerprint density at radius 2 is 2.25 bits per heavy atom. The zero-order valence-electron chi connectivity index (χ0n) is 8.43. The van der Waals surface area contributed by atoms with Crippen LogP contribution >= 0.6 is 0 Å². The highest BCUT2D eigenvalue weighted by atomic mass is 16.3. The predicted molar refractivity (Wildman–Crippen MR) is 51.1 cm³/mol. The highest BCUT2D eigenvalue weighted by Gasteiger charge is 2.34. The lowest BCUT2D eigenvalue weighted by molar-refractivity contribution is 0.105. The van der Waals surface area contributed by atoms with Gasteiger partial charge in [-0.15, -0.1) is 0 Å². The van der Waals surface area contributed by atoms with Crippen LogP contribution in [0, 0.1) is 11.3 Å². The van der Waals surface area contributed by atoms with E-state index < -0.39 is 0 Å². The number of nitrogens with one attached hydrogen (secondary N) is 1. The van der Waals surface area contributed by atoms with Gasteiger partial charge in [0.1, 0.15) is 0 Å². The SMILES string of the molecule is CNCC(O)C1CCC(C)(C)C1. The Morgan fingerprint density at radius 1 is 1.58 bits per heavy atom. The first-order valence-electron chi connectivity index (χ1n) is 4.88. The monoisotopic (exact) mass is 171 g/mol. The van der Waals surface area contributed by atoms with Crippen LogP contribution in [0.5, 0.6) is 0 Å². The maximum atomic E-state index is 9.72. The molecular weight excluding hydrogens is 150 g/mol. The van der Waals surface area contributed by atoms with E-state index in [9.17, 15) is 5.11 Å². The fourth-order valence-corrected chi connectivity index (χ4v) is 2.19. The van der Waals surface area contributed by atoms with Crippen molar-refractivity contribution in [2.45, 2.75) is 39.2 Å². The van der Waals surface area contributed by atoms with Gasteiger partial charge in [0.05, 0.1) is 6.10 Å². The minimum absolute atomic E-state index is 0.142. The summed E-state index contributed by atoms with van der Waals surface area (Å²) < 4.78 is 0. The Balaban J connectivity index is 2.36. The fraction of sp³-hybridized carbons (Fsp3) is 1.00. The van der Waals surface area contributed by atoms with Gasteiger partial charge in [-0.3, -0.25) is 0 Å². The van der Waals surface area contributed by atoms with Crippen molar-refractivity contribution in [2.75, 3.05) is 13.6 Å². The van der Waals surface area contributed by atoms with E-state index in [1.165, 1.54) is 19.3 Å². The predicted octanol–water partition coefficient (Wildman–Crippen LogP) is 1.39. The number of aliphatic hydroxyl groups excluding tert-OH is 1.